The van der Waals surface area contributed by atoms with Crippen molar-refractivity contribution in [2.45, 2.75) is 32.9 Å². The van der Waals surface area contributed by atoms with Crippen LogP contribution in [0.2, 0.25) is 0 Å². The molecule has 0 unspecified atom stereocenters. The predicted octanol–water partition coefficient (Wildman–Crippen LogP) is 0.306. The van der Waals surface area contributed by atoms with Crippen molar-refractivity contribution >= 4 is 5.91 Å². The molecular weight excluding hydrogens is 204 g/mol. The number of carbonyl (C=O) groups is 1. The molecule has 0 bridgehead atoms. The molecular formula is C11H20N4O. The van der Waals surface area contributed by atoms with Gasteiger partial charge in [-0.2, -0.15) is 5.10 Å². The molecule has 0 radical (unpaired) electrons. The van der Waals surface area contributed by atoms with Gasteiger partial charge in [0.25, 0.3) is 0 Å². The Labute approximate surface area is 96.2 Å². The summed E-state index contributed by atoms with van der Waals surface area (Å²) >= 11 is 0. The molecule has 0 aliphatic heterocycles. The van der Waals surface area contributed by atoms with Crippen LogP contribution in [0.15, 0.2) is 12.4 Å². The van der Waals surface area contributed by atoms with E-state index in [1.165, 1.54) is 0 Å². The third-order valence-electron chi connectivity index (χ3n) is 2.58. The second-order valence-electron chi connectivity index (χ2n) is 4.41. The highest BCUT2D eigenvalue weighted by Gasteiger charge is 2.24. The highest BCUT2D eigenvalue weighted by molar-refractivity contribution is 5.85. The van der Waals surface area contributed by atoms with E-state index < -0.39 is 5.54 Å². The van der Waals surface area contributed by atoms with Gasteiger partial charge in [-0.25, -0.2) is 0 Å². The van der Waals surface area contributed by atoms with Gasteiger partial charge >= 0.3 is 0 Å². The lowest BCUT2D eigenvalue weighted by Gasteiger charge is -2.22. The number of hydrogen-bond acceptors (Lipinski definition) is 3. The van der Waals surface area contributed by atoms with Crippen LogP contribution in [-0.4, -0.2) is 34.8 Å². The fourth-order valence-electron chi connectivity index (χ4n) is 1.21. The molecule has 0 fully saturated rings. The third kappa shape index (κ3) is 3.34. The lowest BCUT2D eigenvalue weighted by atomic mass is 10.1. The van der Waals surface area contributed by atoms with E-state index in [-0.39, 0.29) is 5.91 Å². The first-order valence-electron chi connectivity index (χ1n) is 5.42. The molecule has 0 saturated heterocycles. The van der Waals surface area contributed by atoms with Crippen molar-refractivity contribution < 1.29 is 4.79 Å². The van der Waals surface area contributed by atoms with Gasteiger partial charge in [0, 0.05) is 12.7 Å². The molecule has 16 heavy (non-hydrogen) atoms. The van der Waals surface area contributed by atoms with Crippen LogP contribution in [0.25, 0.3) is 0 Å². The minimum Gasteiger partial charge on any atom is -0.353 e. The van der Waals surface area contributed by atoms with Crippen molar-refractivity contribution in [3.8, 4) is 0 Å². The first kappa shape index (κ1) is 12.7. The zero-order valence-electron chi connectivity index (χ0n) is 10.4. The summed E-state index contributed by atoms with van der Waals surface area (Å²) in [5, 5.41) is 9.97. The predicted molar refractivity (Wildman–Crippen MR) is 63.1 cm³/mol. The Bertz CT molecular complexity index is 357. The molecule has 0 aromatic carbocycles. The van der Waals surface area contributed by atoms with E-state index in [9.17, 15) is 4.79 Å². The van der Waals surface area contributed by atoms with Crippen LogP contribution in [0.1, 0.15) is 19.4 Å². The van der Waals surface area contributed by atoms with Gasteiger partial charge in [-0.1, -0.05) is 0 Å². The highest BCUT2D eigenvalue weighted by Crippen LogP contribution is 2.00. The summed E-state index contributed by atoms with van der Waals surface area (Å²) in [5.41, 5.74) is 0.599. The summed E-state index contributed by atoms with van der Waals surface area (Å²) in [4.78, 5) is 11.7. The molecule has 1 aromatic heterocycles. The molecule has 0 aliphatic rings. The van der Waals surface area contributed by atoms with Crippen molar-refractivity contribution in [3.63, 3.8) is 0 Å². The summed E-state index contributed by atoms with van der Waals surface area (Å²) in [7, 11) is 1.77. The maximum Gasteiger partial charge on any atom is 0.239 e. The number of rotatable bonds is 5. The molecule has 1 heterocycles. The van der Waals surface area contributed by atoms with Gasteiger partial charge in [-0.05, 0) is 33.4 Å². The summed E-state index contributed by atoms with van der Waals surface area (Å²) in [6.45, 7) is 6.97. The van der Waals surface area contributed by atoms with Crippen molar-refractivity contribution in [2.24, 2.45) is 0 Å². The van der Waals surface area contributed by atoms with Crippen LogP contribution >= 0.6 is 0 Å². The van der Waals surface area contributed by atoms with Gasteiger partial charge in [0.1, 0.15) is 0 Å². The van der Waals surface area contributed by atoms with Crippen molar-refractivity contribution in [1.29, 1.82) is 0 Å². The number of nitrogens with zero attached hydrogens (tertiary/aromatic N) is 2. The van der Waals surface area contributed by atoms with Gasteiger partial charge < -0.3 is 10.6 Å². The van der Waals surface area contributed by atoms with Crippen LogP contribution in [0.3, 0.4) is 0 Å². The van der Waals surface area contributed by atoms with Crippen molar-refractivity contribution in [3.05, 3.63) is 18.0 Å². The molecule has 5 heteroatoms. The van der Waals surface area contributed by atoms with Crippen molar-refractivity contribution in [2.75, 3.05) is 13.6 Å². The largest absolute Gasteiger partial charge is 0.353 e. The van der Waals surface area contributed by atoms with Crippen LogP contribution in [-0.2, 0) is 11.3 Å². The molecule has 5 nitrogen and oxygen atoms in total. The Balaban J connectivity index is 2.33. The molecule has 0 spiro atoms. The number of nitrogens with one attached hydrogen (secondary N) is 2. The minimum atomic E-state index is -0.528. The Hall–Kier alpha value is -1.36. The van der Waals surface area contributed by atoms with E-state index in [1.807, 2.05) is 31.6 Å². The molecule has 90 valence electrons. The maximum absolute atomic E-state index is 11.7. The van der Waals surface area contributed by atoms with Crippen LogP contribution in [0.4, 0.5) is 0 Å². The van der Waals surface area contributed by atoms with E-state index in [1.54, 1.807) is 13.2 Å². The first-order valence-corrected chi connectivity index (χ1v) is 5.42. The number of aryl methyl sites for hydroxylation is 1. The van der Waals surface area contributed by atoms with Crippen LogP contribution in [0.5, 0.6) is 0 Å². The SMILES string of the molecule is CNC(C)(C)C(=O)NCCn1cc(C)cn1. The van der Waals surface area contributed by atoms with Crippen LogP contribution < -0.4 is 10.6 Å². The maximum atomic E-state index is 11.7. The fraction of sp³-hybridized carbons (Fsp3) is 0.636. The zero-order chi connectivity index (χ0) is 12.2. The smallest absolute Gasteiger partial charge is 0.239 e. The molecule has 1 rings (SSSR count). The van der Waals surface area contributed by atoms with Gasteiger partial charge in [-0.15, -0.1) is 0 Å². The molecule has 0 aliphatic carbocycles. The summed E-state index contributed by atoms with van der Waals surface area (Å²) in [6, 6.07) is 0. The Morgan fingerprint density at radius 1 is 1.56 bits per heavy atom. The first-order chi connectivity index (χ1) is 7.45. The summed E-state index contributed by atoms with van der Waals surface area (Å²) in [5.74, 6) is -0.00104. The topological polar surface area (TPSA) is 59.0 Å². The van der Waals surface area contributed by atoms with Gasteiger partial charge in [-0.3, -0.25) is 9.48 Å². The Morgan fingerprint density at radius 2 is 2.25 bits per heavy atom. The van der Waals surface area contributed by atoms with Crippen molar-refractivity contribution in [1.82, 2.24) is 20.4 Å². The summed E-state index contributed by atoms with van der Waals surface area (Å²) in [6.07, 6.45) is 3.76. The van der Waals surface area contributed by atoms with E-state index in [0.717, 1.165) is 5.56 Å². The third-order valence-corrected chi connectivity index (χ3v) is 2.58. The fourth-order valence-corrected chi connectivity index (χ4v) is 1.21. The Kier molecular flexibility index (Phi) is 4.06. The lowest BCUT2D eigenvalue weighted by molar-refractivity contribution is -0.126. The quantitative estimate of drug-likeness (QED) is 0.756. The summed E-state index contributed by atoms with van der Waals surface area (Å²) < 4.78 is 1.82. The molecule has 0 saturated carbocycles. The average molecular weight is 224 g/mol. The number of hydrogen-bond donors (Lipinski definition) is 2. The minimum absolute atomic E-state index is 0.00104. The molecule has 1 amide bonds. The van der Waals surface area contributed by atoms with E-state index in [0.29, 0.717) is 13.1 Å². The van der Waals surface area contributed by atoms with Gasteiger partial charge in [0.2, 0.25) is 5.91 Å². The number of carbonyl (C=O) groups excluding carboxylic acids is 1. The second-order valence-corrected chi connectivity index (χ2v) is 4.41. The second kappa shape index (κ2) is 5.12. The zero-order valence-corrected chi connectivity index (χ0v) is 10.4. The Morgan fingerprint density at radius 3 is 2.75 bits per heavy atom. The average Bonchev–Trinajstić information content (AvgIpc) is 2.64. The number of likely N-dealkylation sites (N-methyl/N-ethyl adjacent to an activating group) is 1. The standard InChI is InChI=1S/C11H20N4O/c1-9-7-14-15(8-9)6-5-13-10(16)11(2,3)12-4/h7-8,12H,5-6H2,1-4H3,(H,13,16). The van der Waals surface area contributed by atoms with Crippen LogP contribution in [0, 0.1) is 6.92 Å². The van der Waals surface area contributed by atoms with Gasteiger partial charge in [0.15, 0.2) is 0 Å². The normalized spacial score (nSPS) is 11.5. The number of amides is 1. The lowest BCUT2D eigenvalue weighted by Crippen LogP contribution is -2.51. The highest BCUT2D eigenvalue weighted by atomic mass is 16.2. The molecule has 0 atom stereocenters. The molecule has 2 N–H and O–H groups in total. The molecule has 1 aromatic rings. The number of aromatic nitrogens is 2. The monoisotopic (exact) mass is 224 g/mol. The van der Waals surface area contributed by atoms with E-state index in [4.69, 9.17) is 0 Å². The van der Waals surface area contributed by atoms with E-state index in [2.05, 4.69) is 15.7 Å². The van der Waals surface area contributed by atoms with E-state index >= 15 is 0 Å². The van der Waals surface area contributed by atoms with Gasteiger partial charge in [0.05, 0.1) is 18.3 Å².